The number of aliphatic hydroxyl groups excluding tert-OH is 1. The van der Waals surface area contributed by atoms with Crippen LogP contribution in [0.5, 0.6) is 0 Å². The molecule has 0 aliphatic heterocycles. The maximum absolute atomic E-state index is 10.2. The quantitative estimate of drug-likeness (QED) is 0.252. The molecule has 0 aromatic heterocycles. The number of aliphatic imine (C=N–C) groups is 1. The molecule has 6 heteroatoms. The molecule has 58 valence electrons. The molecular weight excluding hydrogens is 161 g/mol. The van der Waals surface area contributed by atoms with Crippen LogP contribution in [0.2, 0.25) is 0 Å². The van der Waals surface area contributed by atoms with Gasteiger partial charge in [-0.15, -0.1) is 0 Å². The van der Waals surface area contributed by atoms with Crippen LogP contribution in [0.1, 0.15) is 6.92 Å². The van der Waals surface area contributed by atoms with Gasteiger partial charge >= 0.3 is 35.5 Å². The first-order valence-electron chi connectivity index (χ1n) is 2.63. The largest absolute Gasteiger partial charge is 1.00 e. The van der Waals surface area contributed by atoms with E-state index in [0.717, 1.165) is 6.92 Å². The maximum atomic E-state index is 10.2. The van der Waals surface area contributed by atoms with Gasteiger partial charge < -0.3 is 15.3 Å². The number of hydrogen-bond donors (Lipinski definition) is 2. The van der Waals surface area contributed by atoms with E-state index >= 15 is 0 Å². The van der Waals surface area contributed by atoms with Crippen molar-refractivity contribution in [2.75, 3.05) is 6.61 Å². The fraction of sp³-hybridized carbons (Fsp3) is 0.600. The Bertz CT molecular complexity index is 155. The molecule has 0 spiro atoms. The zero-order valence-electron chi connectivity index (χ0n) is 6.44. The first kappa shape index (κ1) is 13.5. The summed E-state index contributed by atoms with van der Waals surface area (Å²) in [5.74, 6) is -1.89. The number of carboxylic acids is 1. The summed E-state index contributed by atoms with van der Waals surface area (Å²) in [7, 11) is 0. The smallest absolute Gasteiger partial charge is 0.862 e. The number of aliphatic hydroxyl groups is 1. The van der Waals surface area contributed by atoms with Crippen LogP contribution in [0.15, 0.2) is 4.99 Å². The summed E-state index contributed by atoms with van der Waals surface area (Å²) in [5, 5.41) is 26.7. The van der Waals surface area contributed by atoms with Crippen LogP contribution in [-0.2, 0) is 4.79 Å². The van der Waals surface area contributed by atoms with Crippen molar-refractivity contribution in [1.82, 2.24) is 0 Å². The Morgan fingerprint density at radius 2 is 2.18 bits per heavy atom. The molecule has 5 nitrogen and oxygen atoms in total. The molecule has 11 heavy (non-hydrogen) atoms. The Kier molecular flexibility index (Phi) is 8.09. The number of carboxylic acid groups (broad SMARTS) is 1. The van der Waals surface area contributed by atoms with E-state index in [1.165, 1.54) is 0 Å². The molecule has 2 N–H and O–H groups in total. The zero-order chi connectivity index (χ0) is 8.15. The number of rotatable bonds is 3. The summed E-state index contributed by atoms with van der Waals surface area (Å²) < 4.78 is 0. The minimum atomic E-state index is -1.31. The summed E-state index contributed by atoms with van der Waals surface area (Å²) >= 11 is 0. The van der Waals surface area contributed by atoms with E-state index in [-0.39, 0.29) is 29.6 Å². The van der Waals surface area contributed by atoms with Crippen molar-refractivity contribution in [2.45, 2.75) is 13.0 Å². The van der Waals surface area contributed by atoms with Crippen molar-refractivity contribution in [2.24, 2.45) is 4.99 Å². The normalized spacial score (nSPS) is 13.5. The minimum absolute atomic E-state index is 0. The molecule has 0 bridgehead atoms. The molecule has 0 aliphatic carbocycles. The molecule has 0 aromatic rings. The minimum Gasteiger partial charge on any atom is -0.862 e. The summed E-state index contributed by atoms with van der Waals surface area (Å²) in [6, 6.07) is -1.31. The third-order valence-corrected chi connectivity index (χ3v) is 0.796. The first-order chi connectivity index (χ1) is 4.57. The van der Waals surface area contributed by atoms with E-state index in [0.29, 0.717) is 0 Å². The SMILES string of the molecule is CC([O-])=N[C@H](CO)C(=O)O.[Na+]. The van der Waals surface area contributed by atoms with Gasteiger partial charge in [0.2, 0.25) is 0 Å². The molecule has 0 radical (unpaired) electrons. The number of nitrogens with zero attached hydrogens (tertiary/aromatic N) is 1. The van der Waals surface area contributed by atoms with Crippen molar-refractivity contribution >= 4 is 11.9 Å². The Hall–Kier alpha value is -0.100. The number of carbonyl (C=O) groups is 1. The Morgan fingerprint density at radius 1 is 1.73 bits per heavy atom. The molecule has 0 aromatic carbocycles. The van der Waals surface area contributed by atoms with Gasteiger partial charge in [0.25, 0.3) is 0 Å². The van der Waals surface area contributed by atoms with Gasteiger partial charge in [0.05, 0.1) is 6.61 Å². The van der Waals surface area contributed by atoms with Crippen molar-refractivity contribution in [3.63, 3.8) is 0 Å². The topological polar surface area (TPSA) is 93.0 Å². The molecular formula is C5H8NNaO4. The number of hydrogen-bond acceptors (Lipinski definition) is 4. The fourth-order valence-electron chi connectivity index (χ4n) is 0.394. The first-order valence-corrected chi connectivity index (χ1v) is 2.63. The van der Waals surface area contributed by atoms with E-state index < -0.39 is 24.5 Å². The van der Waals surface area contributed by atoms with Gasteiger partial charge in [-0.3, -0.25) is 4.99 Å². The van der Waals surface area contributed by atoms with Crippen molar-refractivity contribution in [1.29, 1.82) is 0 Å². The van der Waals surface area contributed by atoms with Gasteiger partial charge in [-0.05, 0) is 12.8 Å². The summed E-state index contributed by atoms with van der Waals surface area (Å²) in [6.07, 6.45) is 0. The van der Waals surface area contributed by atoms with Crippen LogP contribution >= 0.6 is 0 Å². The van der Waals surface area contributed by atoms with Crippen LogP contribution in [0.3, 0.4) is 0 Å². The van der Waals surface area contributed by atoms with E-state index in [1.54, 1.807) is 0 Å². The Balaban J connectivity index is 0. The predicted molar refractivity (Wildman–Crippen MR) is 31.6 cm³/mol. The fourth-order valence-corrected chi connectivity index (χ4v) is 0.394. The van der Waals surface area contributed by atoms with Gasteiger partial charge in [-0.1, -0.05) is 0 Å². The van der Waals surface area contributed by atoms with Gasteiger partial charge in [-0.25, -0.2) is 4.79 Å². The molecule has 0 heterocycles. The van der Waals surface area contributed by atoms with Crippen LogP contribution < -0.4 is 34.7 Å². The van der Waals surface area contributed by atoms with Crippen LogP contribution in [-0.4, -0.2) is 34.7 Å². The average Bonchev–Trinajstić information content (AvgIpc) is 1.81. The zero-order valence-corrected chi connectivity index (χ0v) is 8.44. The third kappa shape index (κ3) is 6.30. The monoisotopic (exact) mass is 169 g/mol. The summed E-state index contributed by atoms with van der Waals surface area (Å²) in [4.78, 5) is 13.2. The van der Waals surface area contributed by atoms with Crippen LogP contribution in [0.25, 0.3) is 0 Å². The second kappa shape index (κ2) is 6.60. The van der Waals surface area contributed by atoms with Crippen molar-refractivity contribution in [3.05, 3.63) is 0 Å². The molecule has 0 unspecified atom stereocenters. The predicted octanol–water partition coefficient (Wildman–Crippen LogP) is -4.79. The number of aliphatic carboxylic acids is 1. The molecule has 0 fully saturated rings. The molecule has 0 rings (SSSR count). The van der Waals surface area contributed by atoms with Gasteiger partial charge in [0.1, 0.15) is 0 Å². The third-order valence-electron chi connectivity index (χ3n) is 0.796. The molecule has 0 amide bonds. The molecule has 0 aliphatic rings. The Labute approximate surface area is 86.1 Å². The van der Waals surface area contributed by atoms with E-state index in [9.17, 15) is 9.90 Å². The summed E-state index contributed by atoms with van der Waals surface area (Å²) in [6.45, 7) is 0.487. The van der Waals surface area contributed by atoms with E-state index in [2.05, 4.69) is 4.99 Å². The van der Waals surface area contributed by atoms with Gasteiger partial charge in [0, 0.05) is 0 Å². The van der Waals surface area contributed by atoms with Crippen LogP contribution in [0, 0.1) is 0 Å². The average molecular weight is 169 g/mol. The molecule has 1 atom stereocenters. The Morgan fingerprint density at radius 3 is 2.27 bits per heavy atom. The van der Waals surface area contributed by atoms with Gasteiger partial charge in [-0.2, -0.15) is 0 Å². The molecule has 0 saturated heterocycles. The van der Waals surface area contributed by atoms with Crippen LogP contribution in [0.4, 0.5) is 0 Å². The maximum Gasteiger partial charge on any atom is 1.00 e. The van der Waals surface area contributed by atoms with Crippen molar-refractivity contribution < 1.29 is 49.7 Å². The molecule has 0 saturated carbocycles. The summed E-state index contributed by atoms with van der Waals surface area (Å²) in [5.41, 5.74) is 0. The second-order valence-corrected chi connectivity index (χ2v) is 1.68. The van der Waals surface area contributed by atoms with Crippen molar-refractivity contribution in [3.8, 4) is 0 Å². The standard InChI is InChI=1S/C5H9NO4.Na/c1-3(8)6-4(2-7)5(9)10;/h4,7H,2H2,1H3,(H,6,8)(H,9,10);/q;+1/p-1/t4-;/m1./s1. The second-order valence-electron chi connectivity index (χ2n) is 1.68. The van der Waals surface area contributed by atoms with E-state index in [4.69, 9.17) is 10.2 Å². The van der Waals surface area contributed by atoms with E-state index in [1.807, 2.05) is 0 Å². The van der Waals surface area contributed by atoms with Gasteiger partial charge in [0.15, 0.2) is 6.04 Å².